The Balaban J connectivity index is 1.29. The van der Waals surface area contributed by atoms with Crippen LogP contribution >= 0.6 is 16.4 Å². The maximum atomic E-state index is 7.60. The predicted octanol–water partition coefficient (Wildman–Crippen LogP) is 8.68. The van der Waals surface area contributed by atoms with Crippen LogP contribution in [-0.4, -0.2) is 23.0 Å². The largest absolute Gasteiger partial charge is 0.486 e. The quantitative estimate of drug-likeness (QED) is 0.169. The summed E-state index contributed by atoms with van der Waals surface area (Å²) in [5, 5.41) is 2.67. The molecule has 0 bridgehead atoms. The third kappa shape index (κ3) is 4.84. The number of rotatable bonds is 6. The molecule has 5 heterocycles. The van der Waals surface area contributed by atoms with Gasteiger partial charge in [-0.15, -0.1) is 0 Å². The van der Waals surface area contributed by atoms with E-state index in [4.69, 9.17) is 4.74 Å². The lowest BCUT2D eigenvalue weighted by Crippen LogP contribution is -2.55. The van der Waals surface area contributed by atoms with Crippen molar-refractivity contribution >= 4 is 27.1 Å². The van der Waals surface area contributed by atoms with Crippen LogP contribution in [0, 0.1) is 0 Å². The first-order valence-corrected chi connectivity index (χ1v) is 18.3. The SMILES string of the molecule is CC1(C)CC2(Cc3c(P(n4cccc4)n4cccc4)cccc31)CC(C)(C)c1cccc(P(n3cccc3)n3cccc3)c1O2. The molecular weight excluding hydrogens is 590 g/mol. The van der Waals surface area contributed by atoms with Crippen LogP contribution in [0.25, 0.3) is 0 Å². The van der Waals surface area contributed by atoms with Crippen molar-refractivity contribution in [2.24, 2.45) is 0 Å². The van der Waals surface area contributed by atoms with E-state index >= 15 is 0 Å². The summed E-state index contributed by atoms with van der Waals surface area (Å²) in [4.78, 5) is 0. The van der Waals surface area contributed by atoms with Gasteiger partial charge in [-0.05, 0) is 89.4 Å². The van der Waals surface area contributed by atoms with Gasteiger partial charge in [-0.2, -0.15) is 0 Å². The number of benzene rings is 2. The van der Waals surface area contributed by atoms with Gasteiger partial charge in [0.25, 0.3) is 0 Å². The number of fused-ring (bicyclic) bond motifs is 2. The fourth-order valence-corrected chi connectivity index (χ4v) is 12.4. The zero-order valence-electron chi connectivity index (χ0n) is 26.4. The monoisotopic (exact) mass is 630 g/mol. The van der Waals surface area contributed by atoms with Gasteiger partial charge in [0.15, 0.2) is 0 Å². The Morgan fingerprint density at radius 2 is 0.911 bits per heavy atom. The van der Waals surface area contributed by atoms with Gasteiger partial charge in [0.2, 0.25) is 0 Å². The molecule has 228 valence electrons. The van der Waals surface area contributed by atoms with Gasteiger partial charge in [-0.3, -0.25) is 0 Å². The Kier molecular flexibility index (Phi) is 6.79. The highest BCUT2D eigenvalue weighted by molar-refractivity contribution is 7.63. The van der Waals surface area contributed by atoms with Crippen molar-refractivity contribution < 1.29 is 4.74 Å². The van der Waals surface area contributed by atoms with E-state index in [1.807, 2.05) is 0 Å². The molecule has 5 nitrogen and oxygen atoms in total. The Morgan fingerprint density at radius 3 is 1.40 bits per heavy atom. The summed E-state index contributed by atoms with van der Waals surface area (Å²) in [5.41, 5.74) is 3.80. The third-order valence-corrected chi connectivity index (χ3v) is 14.1. The Morgan fingerprint density at radius 1 is 0.511 bits per heavy atom. The van der Waals surface area contributed by atoms with Gasteiger partial charge in [-0.1, -0.05) is 58.0 Å². The van der Waals surface area contributed by atoms with Gasteiger partial charge in [0.1, 0.15) is 27.8 Å². The minimum Gasteiger partial charge on any atom is -0.486 e. The molecule has 0 radical (unpaired) electrons. The Hall–Kier alpha value is -3.78. The normalized spacial score (nSPS) is 19.9. The molecule has 0 fully saturated rings. The van der Waals surface area contributed by atoms with Crippen LogP contribution in [0.3, 0.4) is 0 Å². The maximum Gasteiger partial charge on any atom is 0.140 e. The van der Waals surface area contributed by atoms with E-state index < -0.39 is 16.4 Å². The van der Waals surface area contributed by atoms with Crippen molar-refractivity contribution in [1.29, 1.82) is 0 Å². The van der Waals surface area contributed by atoms with Crippen LogP contribution in [0.1, 0.15) is 57.2 Å². The van der Waals surface area contributed by atoms with Crippen LogP contribution in [0.4, 0.5) is 0 Å². The number of para-hydroxylation sites is 1. The molecule has 0 saturated carbocycles. The van der Waals surface area contributed by atoms with E-state index in [-0.39, 0.29) is 16.4 Å². The summed E-state index contributed by atoms with van der Waals surface area (Å²) in [7, 11) is -1.74. The molecule has 1 spiro atoms. The first-order valence-electron chi connectivity index (χ1n) is 15.8. The first-order chi connectivity index (χ1) is 21.7. The van der Waals surface area contributed by atoms with Crippen LogP contribution in [-0.2, 0) is 17.3 Å². The highest BCUT2D eigenvalue weighted by atomic mass is 31.1. The standard InChI is InChI=1S/C38H40N4OP2/c1-36(2)28-38(27-30-31(36)15-13-17-33(30)44(39-19-5-6-20-39)40-21-7-8-22-40)29-37(3,4)32-16-14-18-34(35(32)43-38)45(41-23-9-10-24-41)42-25-11-12-26-42/h5-26H,27-29H2,1-4H3. The van der Waals surface area contributed by atoms with E-state index in [1.165, 1.54) is 27.3 Å². The first kappa shape index (κ1) is 28.7. The van der Waals surface area contributed by atoms with Gasteiger partial charge in [-0.25, -0.2) is 0 Å². The molecule has 1 atom stereocenters. The number of hydrogen-bond donors (Lipinski definition) is 0. The minimum absolute atomic E-state index is 0.0495. The number of nitrogens with zero attached hydrogens (tertiary/aromatic N) is 4. The molecule has 6 aromatic rings. The molecule has 0 amide bonds. The topological polar surface area (TPSA) is 28.9 Å². The van der Waals surface area contributed by atoms with E-state index in [0.29, 0.717) is 0 Å². The average molecular weight is 631 g/mol. The van der Waals surface area contributed by atoms with Crippen molar-refractivity contribution in [3.05, 3.63) is 151 Å². The van der Waals surface area contributed by atoms with Gasteiger partial charge in [0, 0.05) is 66.9 Å². The summed E-state index contributed by atoms with van der Waals surface area (Å²) < 4.78 is 17.1. The van der Waals surface area contributed by atoms with Gasteiger partial charge >= 0.3 is 0 Å². The number of ether oxygens (including phenoxy) is 1. The molecule has 1 unspecified atom stereocenters. The highest BCUT2D eigenvalue weighted by Crippen LogP contribution is 2.55. The van der Waals surface area contributed by atoms with Crippen LogP contribution in [0.5, 0.6) is 5.75 Å². The van der Waals surface area contributed by atoms with E-state index in [9.17, 15) is 0 Å². The molecule has 45 heavy (non-hydrogen) atoms. The predicted molar refractivity (Wildman–Crippen MR) is 188 cm³/mol. The number of aromatic nitrogens is 4. The van der Waals surface area contributed by atoms with E-state index in [2.05, 4.69) is 180 Å². The average Bonchev–Trinajstić information content (AvgIpc) is 3.83. The molecule has 0 N–H and O–H groups in total. The number of hydrogen-bond acceptors (Lipinski definition) is 1. The lowest BCUT2D eigenvalue weighted by molar-refractivity contribution is -0.0106. The zero-order valence-corrected chi connectivity index (χ0v) is 28.2. The van der Waals surface area contributed by atoms with Crippen molar-refractivity contribution in [3.8, 4) is 5.75 Å². The van der Waals surface area contributed by atoms with Crippen LogP contribution in [0.15, 0.2) is 135 Å². The van der Waals surface area contributed by atoms with Gasteiger partial charge < -0.3 is 22.1 Å². The smallest absolute Gasteiger partial charge is 0.140 e. The van der Waals surface area contributed by atoms with Crippen LogP contribution < -0.4 is 15.3 Å². The van der Waals surface area contributed by atoms with Crippen molar-refractivity contribution in [2.75, 3.05) is 0 Å². The van der Waals surface area contributed by atoms with Crippen molar-refractivity contribution in [2.45, 2.75) is 63.4 Å². The third-order valence-electron chi connectivity index (χ3n) is 9.61. The van der Waals surface area contributed by atoms with E-state index in [1.54, 1.807) is 0 Å². The summed E-state index contributed by atoms with van der Waals surface area (Å²) >= 11 is 0. The summed E-state index contributed by atoms with van der Waals surface area (Å²) in [6, 6.07) is 30.9. The maximum absolute atomic E-state index is 7.60. The minimum atomic E-state index is -0.903. The highest BCUT2D eigenvalue weighted by Gasteiger charge is 2.52. The van der Waals surface area contributed by atoms with Gasteiger partial charge in [0.05, 0.1) is 5.30 Å². The summed E-state index contributed by atoms with van der Waals surface area (Å²) in [5.74, 6) is 1.08. The molecule has 8 rings (SSSR count). The molecule has 7 heteroatoms. The molecule has 4 aromatic heterocycles. The lowest BCUT2D eigenvalue weighted by atomic mass is 9.60. The Bertz CT molecular complexity index is 1710. The summed E-state index contributed by atoms with van der Waals surface area (Å²) in [6.45, 7) is 9.70. The fraction of sp³-hybridized carbons (Fsp3) is 0.263. The fourth-order valence-electron chi connectivity index (χ4n) is 8.08. The lowest BCUT2D eigenvalue weighted by Gasteiger charge is -2.53. The molecular formula is C38H40N4OP2. The van der Waals surface area contributed by atoms with E-state index in [0.717, 1.165) is 25.0 Å². The molecule has 2 aromatic carbocycles. The zero-order chi connectivity index (χ0) is 30.8. The second kappa shape index (κ2) is 10.6. The second-order valence-corrected chi connectivity index (χ2v) is 17.8. The van der Waals surface area contributed by atoms with Crippen molar-refractivity contribution in [1.82, 2.24) is 17.4 Å². The molecule has 0 saturated heterocycles. The molecule has 1 aliphatic carbocycles. The Labute approximate surface area is 268 Å². The molecule has 1 aliphatic heterocycles. The van der Waals surface area contributed by atoms with Crippen molar-refractivity contribution in [3.63, 3.8) is 0 Å². The molecule has 2 aliphatic rings. The second-order valence-electron chi connectivity index (χ2n) is 13.9. The van der Waals surface area contributed by atoms with Crippen LogP contribution in [0.2, 0.25) is 0 Å². The summed E-state index contributed by atoms with van der Waals surface area (Å²) in [6.07, 6.45) is 20.4.